The lowest BCUT2D eigenvalue weighted by Crippen LogP contribution is -2.23. The standard InChI is InChI=1S/C16H14N5O2/c1-23-13-7-6-12-15(20-13)21(14(22)9-17-12)16-18-8-10-4-2-3-5-11(10)19-16/h2,6-9H,3-5H2,1H3. The minimum atomic E-state index is -0.319. The predicted molar refractivity (Wildman–Crippen MR) is 83.6 cm³/mol. The van der Waals surface area contributed by atoms with E-state index in [-0.39, 0.29) is 5.56 Å². The summed E-state index contributed by atoms with van der Waals surface area (Å²) in [6, 6.07) is 3.46. The summed E-state index contributed by atoms with van der Waals surface area (Å²) in [5, 5.41) is 0. The molecule has 1 radical (unpaired) electrons. The maximum atomic E-state index is 12.3. The van der Waals surface area contributed by atoms with Crippen LogP contribution < -0.4 is 10.3 Å². The molecule has 4 rings (SSSR count). The van der Waals surface area contributed by atoms with Gasteiger partial charge in [0.1, 0.15) is 5.52 Å². The molecule has 23 heavy (non-hydrogen) atoms. The minimum Gasteiger partial charge on any atom is -0.481 e. The third kappa shape index (κ3) is 2.34. The molecule has 3 aromatic rings. The molecule has 0 saturated heterocycles. The molecular weight excluding hydrogens is 294 g/mol. The van der Waals surface area contributed by atoms with E-state index in [1.807, 2.05) is 0 Å². The Morgan fingerprint density at radius 3 is 2.96 bits per heavy atom. The van der Waals surface area contributed by atoms with Gasteiger partial charge < -0.3 is 4.74 Å². The van der Waals surface area contributed by atoms with Gasteiger partial charge in [-0.05, 0) is 37.3 Å². The van der Waals surface area contributed by atoms with E-state index in [0.717, 1.165) is 30.5 Å². The first-order valence-electron chi connectivity index (χ1n) is 7.36. The Labute approximate surface area is 132 Å². The van der Waals surface area contributed by atoms with Crippen molar-refractivity contribution in [3.8, 4) is 11.8 Å². The van der Waals surface area contributed by atoms with Crippen LogP contribution in [-0.4, -0.2) is 31.6 Å². The third-order valence-electron chi connectivity index (χ3n) is 3.88. The van der Waals surface area contributed by atoms with Crippen LogP contribution in [0.5, 0.6) is 5.88 Å². The molecule has 1 aliphatic rings. The number of fused-ring (bicyclic) bond motifs is 2. The van der Waals surface area contributed by atoms with Gasteiger partial charge in [0.15, 0.2) is 5.65 Å². The lowest BCUT2D eigenvalue weighted by Gasteiger charge is -2.15. The van der Waals surface area contributed by atoms with Crippen molar-refractivity contribution in [2.45, 2.75) is 19.3 Å². The largest absolute Gasteiger partial charge is 0.481 e. The second-order valence-electron chi connectivity index (χ2n) is 5.30. The fraction of sp³-hybridized carbons (Fsp3) is 0.250. The summed E-state index contributed by atoms with van der Waals surface area (Å²) >= 11 is 0. The number of hydrogen-bond acceptors (Lipinski definition) is 6. The highest BCUT2D eigenvalue weighted by Crippen LogP contribution is 2.20. The first kappa shape index (κ1) is 13.8. The fourth-order valence-corrected chi connectivity index (χ4v) is 2.71. The summed E-state index contributed by atoms with van der Waals surface area (Å²) in [5.41, 5.74) is 2.74. The number of ether oxygens (including phenoxy) is 1. The van der Waals surface area contributed by atoms with Crippen molar-refractivity contribution < 1.29 is 4.74 Å². The maximum absolute atomic E-state index is 12.3. The fourth-order valence-electron chi connectivity index (χ4n) is 2.71. The van der Waals surface area contributed by atoms with E-state index in [0.29, 0.717) is 23.0 Å². The Balaban J connectivity index is 1.97. The number of pyridine rings is 1. The first-order valence-corrected chi connectivity index (χ1v) is 7.36. The van der Waals surface area contributed by atoms with Crippen LogP contribution in [0.15, 0.2) is 29.3 Å². The quantitative estimate of drug-likeness (QED) is 0.709. The van der Waals surface area contributed by atoms with Crippen LogP contribution in [-0.2, 0) is 12.8 Å². The number of aryl methyl sites for hydroxylation is 1. The van der Waals surface area contributed by atoms with Gasteiger partial charge in [-0.3, -0.25) is 4.79 Å². The highest BCUT2D eigenvalue weighted by atomic mass is 16.5. The smallest absolute Gasteiger partial charge is 0.277 e. The predicted octanol–water partition coefficient (Wildman–Crippen LogP) is 1.27. The molecular formula is C16H14N5O2. The molecule has 115 valence electrons. The van der Waals surface area contributed by atoms with Gasteiger partial charge >= 0.3 is 0 Å². The van der Waals surface area contributed by atoms with Gasteiger partial charge in [0, 0.05) is 18.0 Å². The molecule has 7 nitrogen and oxygen atoms in total. The van der Waals surface area contributed by atoms with Crippen LogP contribution in [0.3, 0.4) is 0 Å². The van der Waals surface area contributed by atoms with Crippen LogP contribution in [0.1, 0.15) is 17.7 Å². The van der Waals surface area contributed by atoms with Gasteiger partial charge in [0.05, 0.1) is 13.3 Å². The van der Waals surface area contributed by atoms with E-state index >= 15 is 0 Å². The molecule has 0 fully saturated rings. The van der Waals surface area contributed by atoms with E-state index in [2.05, 4.69) is 26.4 Å². The van der Waals surface area contributed by atoms with E-state index < -0.39 is 0 Å². The molecule has 3 heterocycles. The number of aromatic nitrogens is 5. The zero-order chi connectivity index (χ0) is 15.8. The van der Waals surface area contributed by atoms with Crippen molar-refractivity contribution in [2.75, 3.05) is 7.11 Å². The molecule has 0 saturated carbocycles. The molecule has 0 N–H and O–H groups in total. The van der Waals surface area contributed by atoms with Crippen LogP contribution in [0.4, 0.5) is 0 Å². The SMILES string of the molecule is COc1ccc2ncc(=O)n(-c3ncc4c(n3)CC[CH]C4)c2n1. The van der Waals surface area contributed by atoms with Crippen LogP contribution in [0, 0.1) is 6.42 Å². The Hall–Kier alpha value is -2.83. The minimum absolute atomic E-state index is 0.319. The molecule has 7 heteroatoms. The molecule has 0 aliphatic heterocycles. The van der Waals surface area contributed by atoms with Crippen LogP contribution in [0.25, 0.3) is 17.1 Å². The Kier molecular flexibility index (Phi) is 3.25. The summed E-state index contributed by atoms with van der Waals surface area (Å²) in [4.78, 5) is 29.7. The molecule has 3 aromatic heterocycles. The summed E-state index contributed by atoms with van der Waals surface area (Å²) in [6.07, 6.45) is 7.97. The van der Waals surface area contributed by atoms with E-state index in [1.54, 1.807) is 18.3 Å². The van der Waals surface area contributed by atoms with Crippen LogP contribution in [0.2, 0.25) is 0 Å². The second kappa shape index (κ2) is 5.42. The molecule has 0 aromatic carbocycles. The maximum Gasteiger partial charge on any atom is 0.277 e. The molecule has 0 unspecified atom stereocenters. The molecule has 0 amide bonds. The Morgan fingerprint density at radius 2 is 2.09 bits per heavy atom. The van der Waals surface area contributed by atoms with Crippen molar-refractivity contribution in [1.82, 2.24) is 24.5 Å². The van der Waals surface area contributed by atoms with Gasteiger partial charge in [-0.25, -0.2) is 19.5 Å². The first-order chi connectivity index (χ1) is 11.3. The normalized spacial score (nSPS) is 13.8. The lowest BCUT2D eigenvalue weighted by molar-refractivity contribution is 0.399. The summed E-state index contributed by atoms with van der Waals surface area (Å²) < 4.78 is 6.52. The highest BCUT2D eigenvalue weighted by molar-refractivity contribution is 5.72. The van der Waals surface area contributed by atoms with Gasteiger partial charge in [-0.15, -0.1) is 0 Å². The molecule has 0 spiro atoms. The monoisotopic (exact) mass is 308 g/mol. The highest BCUT2D eigenvalue weighted by Gasteiger charge is 2.16. The van der Waals surface area contributed by atoms with E-state index in [9.17, 15) is 4.79 Å². The van der Waals surface area contributed by atoms with Gasteiger partial charge in [-0.2, -0.15) is 4.98 Å². The van der Waals surface area contributed by atoms with E-state index in [1.165, 1.54) is 17.9 Å². The number of nitrogens with zero attached hydrogens (tertiary/aromatic N) is 5. The summed E-state index contributed by atoms with van der Waals surface area (Å²) in [7, 11) is 1.53. The number of rotatable bonds is 2. The Morgan fingerprint density at radius 1 is 1.17 bits per heavy atom. The molecule has 0 bridgehead atoms. The van der Waals surface area contributed by atoms with Crippen molar-refractivity contribution in [2.24, 2.45) is 0 Å². The van der Waals surface area contributed by atoms with Crippen molar-refractivity contribution >= 4 is 11.2 Å². The van der Waals surface area contributed by atoms with Gasteiger partial charge in [-0.1, -0.05) is 0 Å². The van der Waals surface area contributed by atoms with Gasteiger partial charge in [0.2, 0.25) is 11.8 Å². The van der Waals surface area contributed by atoms with Gasteiger partial charge in [0.25, 0.3) is 5.56 Å². The van der Waals surface area contributed by atoms with Crippen LogP contribution >= 0.6 is 0 Å². The number of hydrogen-bond donors (Lipinski definition) is 0. The molecule has 1 aliphatic carbocycles. The van der Waals surface area contributed by atoms with Crippen molar-refractivity contribution in [3.63, 3.8) is 0 Å². The van der Waals surface area contributed by atoms with E-state index in [4.69, 9.17) is 4.74 Å². The Bertz CT molecular complexity index is 951. The average Bonchev–Trinajstić information content (AvgIpc) is 2.60. The zero-order valence-corrected chi connectivity index (χ0v) is 12.6. The summed E-state index contributed by atoms with van der Waals surface area (Å²) in [6.45, 7) is 0. The summed E-state index contributed by atoms with van der Waals surface area (Å²) in [5.74, 6) is 0.731. The average molecular weight is 308 g/mol. The van der Waals surface area contributed by atoms with Crippen molar-refractivity contribution in [1.29, 1.82) is 0 Å². The molecule has 0 atom stereocenters. The lowest BCUT2D eigenvalue weighted by atomic mass is 9.98. The number of methoxy groups -OCH3 is 1. The topological polar surface area (TPSA) is 82.8 Å². The van der Waals surface area contributed by atoms with Crippen molar-refractivity contribution in [3.05, 3.63) is 52.6 Å². The second-order valence-corrected chi connectivity index (χ2v) is 5.30. The third-order valence-corrected chi connectivity index (χ3v) is 3.88. The zero-order valence-electron chi connectivity index (χ0n) is 12.6.